The Morgan fingerprint density at radius 2 is 1.82 bits per heavy atom. The quantitative estimate of drug-likeness (QED) is 0.479. The fourth-order valence-electron chi connectivity index (χ4n) is 2.98. The number of amides is 1. The minimum atomic E-state index is -0.135. The van der Waals surface area contributed by atoms with Crippen LogP contribution in [0.3, 0.4) is 0 Å². The van der Waals surface area contributed by atoms with Crippen molar-refractivity contribution in [3.05, 3.63) is 95.1 Å². The van der Waals surface area contributed by atoms with E-state index >= 15 is 0 Å². The van der Waals surface area contributed by atoms with E-state index in [1.54, 1.807) is 29.2 Å². The summed E-state index contributed by atoms with van der Waals surface area (Å²) in [5.74, 6) is -0.135. The van der Waals surface area contributed by atoms with Crippen LogP contribution < -0.4 is 4.90 Å². The van der Waals surface area contributed by atoms with Crippen LogP contribution in [-0.4, -0.2) is 10.9 Å². The number of anilines is 1. The van der Waals surface area contributed by atoms with Gasteiger partial charge in [0, 0.05) is 5.56 Å². The van der Waals surface area contributed by atoms with E-state index in [4.69, 9.17) is 10.2 Å². The van der Waals surface area contributed by atoms with Gasteiger partial charge in [0.05, 0.1) is 28.4 Å². The highest BCUT2D eigenvalue weighted by molar-refractivity contribution is 7.22. The summed E-state index contributed by atoms with van der Waals surface area (Å²) in [6.45, 7) is 2.46. The third-order valence-corrected chi connectivity index (χ3v) is 5.51. The highest BCUT2D eigenvalue weighted by atomic mass is 32.1. The molecule has 0 N–H and O–H groups in total. The molecular weight excluding hydrogens is 366 g/mol. The molecule has 136 valence electrons. The monoisotopic (exact) mass is 383 g/mol. The molecule has 0 bridgehead atoms. The average Bonchev–Trinajstić information content (AvgIpc) is 3.15. The first-order valence-electron chi connectivity index (χ1n) is 8.87. The van der Waals surface area contributed by atoms with Crippen molar-refractivity contribution in [2.45, 2.75) is 13.5 Å². The van der Waals surface area contributed by atoms with E-state index in [9.17, 15) is 4.79 Å². The fraction of sp³-hybridized carbons (Fsp3) is 0.0870. The third kappa shape index (κ3) is 3.64. The zero-order chi connectivity index (χ0) is 19.5. The van der Waals surface area contributed by atoms with Crippen LogP contribution in [0.4, 0.5) is 5.13 Å². The molecule has 0 fully saturated rings. The number of carbonyl (C=O) groups is 1. The Morgan fingerprint density at radius 3 is 2.54 bits per heavy atom. The number of thiazole rings is 1. The standard InChI is InChI=1S/C23H17N3OS/c1-16-7-12-21-20(13-16)25-23(28-21)26(15-18-5-3-2-4-6-18)22(27)19-10-8-17(14-24)9-11-19/h2-13H,15H2,1H3. The highest BCUT2D eigenvalue weighted by Gasteiger charge is 2.21. The maximum atomic E-state index is 13.3. The van der Waals surface area contributed by atoms with Gasteiger partial charge in [-0.25, -0.2) is 4.98 Å². The van der Waals surface area contributed by atoms with Crippen molar-refractivity contribution in [3.8, 4) is 6.07 Å². The summed E-state index contributed by atoms with van der Waals surface area (Å²) in [6.07, 6.45) is 0. The number of nitrogens with zero attached hydrogens (tertiary/aromatic N) is 3. The number of hydrogen-bond acceptors (Lipinski definition) is 4. The van der Waals surface area contributed by atoms with Crippen molar-refractivity contribution in [1.82, 2.24) is 4.98 Å². The van der Waals surface area contributed by atoms with Crippen molar-refractivity contribution in [1.29, 1.82) is 5.26 Å². The van der Waals surface area contributed by atoms with Gasteiger partial charge < -0.3 is 0 Å². The van der Waals surface area contributed by atoms with Crippen LogP contribution in [0.25, 0.3) is 10.2 Å². The number of aryl methyl sites for hydroxylation is 1. The molecule has 0 aliphatic heterocycles. The van der Waals surface area contributed by atoms with Crippen LogP contribution in [0.2, 0.25) is 0 Å². The third-order valence-electron chi connectivity index (χ3n) is 4.45. The van der Waals surface area contributed by atoms with Gasteiger partial charge in [-0.1, -0.05) is 47.7 Å². The maximum Gasteiger partial charge on any atom is 0.260 e. The number of rotatable bonds is 4. The lowest BCUT2D eigenvalue weighted by Gasteiger charge is -2.20. The van der Waals surface area contributed by atoms with E-state index in [2.05, 4.69) is 6.07 Å². The molecule has 5 heteroatoms. The van der Waals surface area contributed by atoms with Gasteiger partial charge in [-0.3, -0.25) is 9.69 Å². The van der Waals surface area contributed by atoms with E-state index in [1.807, 2.05) is 55.5 Å². The summed E-state index contributed by atoms with van der Waals surface area (Å²) in [5.41, 5.74) is 4.12. The molecule has 4 aromatic rings. The molecule has 1 aromatic heterocycles. The highest BCUT2D eigenvalue weighted by Crippen LogP contribution is 2.31. The Morgan fingerprint density at radius 1 is 1.07 bits per heavy atom. The molecule has 3 aromatic carbocycles. The minimum Gasteiger partial charge on any atom is -0.279 e. The molecule has 0 saturated carbocycles. The summed E-state index contributed by atoms with van der Waals surface area (Å²) in [7, 11) is 0. The second kappa shape index (κ2) is 7.63. The number of nitriles is 1. The first-order valence-corrected chi connectivity index (χ1v) is 9.69. The first-order chi connectivity index (χ1) is 13.6. The lowest BCUT2D eigenvalue weighted by molar-refractivity contribution is 0.0985. The Kier molecular flexibility index (Phi) is 4.88. The van der Waals surface area contributed by atoms with E-state index in [0.717, 1.165) is 21.3 Å². The van der Waals surface area contributed by atoms with Gasteiger partial charge in [-0.15, -0.1) is 0 Å². The second-order valence-corrected chi connectivity index (χ2v) is 7.54. The molecule has 4 rings (SSSR count). The molecule has 28 heavy (non-hydrogen) atoms. The van der Waals surface area contributed by atoms with E-state index in [1.165, 1.54) is 11.3 Å². The zero-order valence-corrected chi connectivity index (χ0v) is 16.1. The van der Waals surface area contributed by atoms with Crippen LogP contribution in [0.15, 0.2) is 72.8 Å². The Bertz CT molecular complexity index is 1170. The predicted molar refractivity (Wildman–Crippen MR) is 112 cm³/mol. The molecule has 4 nitrogen and oxygen atoms in total. The molecule has 0 atom stereocenters. The Labute approximate surface area is 167 Å². The molecule has 0 radical (unpaired) electrons. The summed E-state index contributed by atoms with van der Waals surface area (Å²) >= 11 is 1.51. The molecular formula is C23H17N3OS. The van der Waals surface area contributed by atoms with Crippen molar-refractivity contribution in [2.24, 2.45) is 0 Å². The normalized spacial score (nSPS) is 10.6. The lowest BCUT2D eigenvalue weighted by atomic mass is 10.1. The van der Waals surface area contributed by atoms with Crippen molar-refractivity contribution < 1.29 is 4.79 Å². The van der Waals surface area contributed by atoms with Crippen LogP contribution in [0.5, 0.6) is 0 Å². The van der Waals surface area contributed by atoms with E-state index in [-0.39, 0.29) is 5.91 Å². The largest absolute Gasteiger partial charge is 0.279 e. The summed E-state index contributed by atoms with van der Waals surface area (Å²) < 4.78 is 1.05. The summed E-state index contributed by atoms with van der Waals surface area (Å²) in [6, 6.07) is 24.8. The minimum absolute atomic E-state index is 0.135. The topological polar surface area (TPSA) is 57.0 Å². The van der Waals surface area contributed by atoms with E-state index in [0.29, 0.717) is 22.8 Å². The van der Waals surface area contributed by atoms with Crippen LogP contribution in [0.1, 0.15) is 27.0 Å². The van der Waals surface area contributed by atoms with Gasteiger partial charge in [-0.2, -0.15) is 5.26 Å². The molecule has 1 amide bonds. The smallest absolute Gasteiger partial charge is 0.260 e. The van der Waals surface area contributed by atoms with Gasteiger partial charge in [0.25, 0.3) is 5.91 Å². The van der Waals surface area contributed by atoms with Crippen LogP contribution in [0, 0.1) is 18.3 Å². The van der Waals surface area contributed by atoms with Gasteiger partial charge >= 0.3 is 0 Å². The van der Waals surface area contributed by atoms with Crippen molar-refractivity contribution >= 4 is 32.6 Å². The van der Waals surface area contributed by atoms with Gasteiger partial charge in [0.1, 0.15) is 0 Å². The first kappa shape index (κ1) is 17.9. The second-order valence-electron chi connectivity index (χ2n) is 6.53. The Balaban J connectivity index is 1.75. The fourth-order valence-corrected chi connectivity index (χ4v) is 3.92. The predicted octanol–water partition coefficient (Wildman–Crippen LogP) is 5.32. The number of carbonyl (C=O) groups excluding carboxylic acids is 1. The molecule has 0 aliphatic rings. The van der Waals surface area contributed by atoms with Crippen LogP contribution in [-0.2, 0) is 6.54 Å². The van der Waals surface area contributed by atoms with Crippen molar-refractivity contribution in [3.63, 3.8) is 0 Å². The maximum absolute atomic E-state index is 13.3. The van der Waals surface area contributed by atoms with Crippen molar-refractivity contribution in [2.75, 3.05) is 4.90 Å². The number of fused-ring (bicyclic) bond motifs is 1. The van der Waals surface area contributed by atoms with Gasteiger partial charge in [0.15, 0.2) is 5.13 Å². The molecule has 0 saturated heterocycles. The summed E-state index contributed by atoms with van der Waals surface area (Å²) in [5, 5.41) is 9.66. The number of benzene rings is 3. The lowest BCUT2D eigenvalue weighted by Crippen LogP contribution is -2.30. The zero-order valence-electron chi connectivity index (χ0n) is 15.3. The molecule has 0 aliphatic carbocycles. The molecule has 1 heterocycles. The number of hydrogen-bond donors (Lipinski definition) is 0. The molecule has 0 unspecified atom stereocenters. The molecule has 0 spiro atoms. The summed E-state index contributed by atoms with van der Waals surface area (Å²) in [4.78, 5) is 19.7. The van der Waals surface area contributed by atoms with E-state index < -0.39 is 0 Å². The average molecular weight is 383 g/mol. The number of aromatic nitrogens is 1. The van der Waals surface area contributed by atoms with Gasteiger partial charge in [-0.05, 0) is 54.4 Å². The Hall–Kier alpha value is -3.49. The van der Waals surface area contributed by atoms with Crippen LogP contribution >= 0.6 is 11.3 Å². The van der Waals surface area contributed by atoms with Gasteiger partial charge in [0.2, 0.25) is 0 Å². The SMILES string of the molecule is Cc1ccc2sc(N(Cc3ccccc3)C(=O)c3ccc(C#N)cc3)nc2c1.